The maximum atomic E-state index is 5.92. The van der Waals surface area contributed by atoms with Crippen LogP contribution in [0, 0.1) is 13.8 Å². The molecule has 0 bridgehead atoms. The zero-order valence-electron chi connectivity index (χ0n) is 7.91. The minimum Gasteiger partial charge on any atom is -0.171 e. The van der Waals surface area contributed by atoms with Gasteiger partial charge in [-0.15, -0.1) is 0 Å². The van der Waals surface area contributed by atoms with E-state index in [4.69, 9.17) is 11.6 Å². The summed E-state index contributed by atoms with van der Waals surface area (Å²) in [4.78, 5) is 0. The van der Waals surface area contributed by atoms with Crippen molar-refractivity contribution < 1.29 is 0 Å². The molecule has 0 saturated carbocycles. The molecule has 72 valence electrons. The Morgan fingerprint density at radius 3 is 2.21 bits per heavy atom. The van der Waals surface area contributed by atoms with Gasteiger partial charge in [0.2, 0.25) is 0 Å². The van der Waals surface area contributed by atoms with E-state index in [-0.39, 0.29) is 0 Å². The number of hydrogen-bond acceptors (Lipinski definition) is 3. The van der Waals surface area contributed by atoms with Crippen LogP contribution in [0.25, 0.3) is 11.3 Å². The van der Waals surface area contributed by atoms with Crippen LogP contribution in [0.1, 0.15) is 11.1 Å². The predicted molar refractivity (Wildman–Crippen MR) is 59.8 cm³/mol. The van der Waals surface area contributed by atoms with Crippen LogP contribution in [-0.2, 0) is 0 Å². The average molecular weight is 225 g/mol. The first-order valence-corrected chi connectivity index (χ1v) is 5.34. The number of aromatic nitrogens is 2. The molecule has 0 aliphatic rings. The Hall–Kier alpha value is -0.930. The van der Waals surface area contributed by atoms with Crippen LogP contribution in [0.4, 0.5) is 0 Å². The summed E-state index contributed by atoms with van der Waals surface area (Å²) in [6, 6.07) is 6.25. The second-order valence-corrected chi connectivity index (χ2v) is 4.17. The Balaban J connectivity index is 2.57. The Bertz CT molecular complexity index is 445. The van der Waals surface area contributed by atoms with Gasteiger partial charge in [-0.25, -0.2) is 0 Å². The topological polar surface area (TPSA) is 25.8 Å². The van der Waals surface area contributed by atoms with E-state index in [0.29, 0.717) is 5.15 Å². The summed E-state index contributed by atoms with van der Waals surface area (Å²) in [5.41, 5.74) is 4.25. The van der Waals surface area contributed by atoms with Gasteiger partial charge in [-0.05, 0) is 26.0 Å². The molecule has 0 amide bonds. The molecule has 1 aromatic heterocycles. The van der Waals surface area contributed by atoms with Gasteiger partial charge in [0.05, 0.1) is 11.7 Å². The number of nitrogens with zero attached hydrogens (tertiary/aromatic N) is 2. The molecule has 2 aromatic rings. The van der Waals surface area contributed by atoms with E-state index in [9.17, 15) is 0 Å². The molecule has 0 radical (unpaired) electrons. The van der Waals surface area contributed by atoms with Crippen molar-refractivity contribution >= 4 is 23.3 Å². The molecule has 1 heterocycles. The molecule has 1 aromatic carbocycles. The summed E-state index contributed by atoms with van der Waals surface area (Å²) in [6.07, 6.45) is 0. The summed E-state index contributed by atoms with van der Waals surface area (Å²) < 4.78 is 8.12. The first-order chi connectivity index (χ1) is 6.66. The van der Waals surface area contributed by atoms with Gasteiger partial charge in [0, 0.05) is 5.56 Å². The third-order valence-electron chi connectivity index (χ3n) is 1.94. The standard InChI is InChI=1S/C10H9ClN2S/c1-6-3-7(2)5-8(4-6)9-10(11)13-14-12-9/h3-5H,1-2H3. The molecule has 0 N–H and O–H groups in total. The predicted octanol–water partition coefficient (Wildman–Crippen LogP) is 3.48. The smallest absolute Gasteiger partial charge is 0.170 e. The zero-order chi connectivity index (χ0) is 10.1. The molecular weight excluding hydrogens is 216 g/mol. The third kappa shape index (κ3) is 1.79. The highest BCUT2D eigenvalue weighted by atomic mass is 35.5. The molecule has 0 spiro atoms. The second-order valence-electron chi connectivity index (χ2n) is 3.28. The summed E-state index contributed by atoms with van der Waals surface area (Å²) in [5.74, 6) is 0. The van der Waals surface area contributed by atoms with Crippen LogP contribution in [0.2, 0.25) is 5.15 Å². The number of benzene rings is 1. The second kappa shape index (κ2) is 3.67. The molecule has 0 aliphatic heterocycles. The normalized spacial score (nSPS) is 10.5. The number of hydrogen-bond donors (Lipinski definition) is 0. The molecule has 0 saturated heterocycles. The number of rotatable bonds is 1. The minimum absolute atomic E-state index is 0.486. The van der Waals surface area contributed by atoms with Gasteiger partial charge < -0.3 is 0 Å². The highest BCUT2D eigenvalue weighted by molar-refractivity contribution is 6.99. The van der Waals surface area contributed by atoms with Crippen molar-refractivity contribution in [1.29, 1.82) is 0 Å². The van der Waals surface area contributed by atoms with Crippen molar-refractivity contribution in [3.63, 3.8) is 0 Å². The van der Waals surface area contributed by atoms with Gasteiger partial charge >= 0.3 is 0 Å². The van der Waals surface area contributed by atoms with E-state index >= 15 is 0 Å². The van der Waals surface area contributed by atoms with E-state index in [2.05, 4.69) is 40.8 Å². The first-order valence-electron chi connectivity index (χ1n) is 4.23. The molecule has 2 rings (SSSR count). The summed E-state index contributed by atoms with van der Waals surface area (Å²) in [6.45, 7) is 4.12. The van der Waals surface area contributed by atoms with Gasteiger partial charge in [-0.3, -0.25) is 0 Å². The Morgan fingerprint density at radius 1 is 1.07 bits per heavy atom. The number of halogens is 1. The Kier molecular flexibility index (Phi) is 2.52. The summed E-state index contributed by atoms with van der Waals surface area (Å²) in [7, 11) is 0. The van der Waals surface area contributed by atoms with E-state index in [1.807, 2.05) is 0 Å². The number of aryl methyl sites for hydroxylation is 2. The van der Waals surface area contributed by atoms with Gasteiger partial charge in [0.15, 0.2) is 5.15 Å². The molecule has 14 heavy (non-hydrogen) atoms. The average Bonchev–Trinajstić information content (AvgIpc) is 2.49. The van der Waals surface area contributed by atoms with Crippen LogP contribution in [0.15, 0.2) is 18.2 Å². The van der Waals surface area contributed by atoms with Crippen molar-refractivity contribution in [3.8, 4) is 11.3 Å². The fraction of sp³-hybridized carbons (Fsp3) is 0.200. The fourth-order valence-corrected chi connectivity index (χ4v) is 2.23. The van der Waals surface area contributed by atoms with Crippen molar-refractivity contribution in [2.24, 2.45) is 0 Å². The molecule has 4 heteroatoms. The molecule has 0 unspecified atom stereocenters. The quantitative estimate of drug-likeness (QED) is 0.741. The maximum absolute atomic E-state index is 5.92. The third-order valence-corrected chi connectivity index (χ3v) is 2.84. The van der Waals surface area contributed by atoms with Gasteiger partial charge in [0.25, 0.3) is 0 Å². The van der Waals surface area contributed by atoms with E-state index < -0.39 is 0 Å². The molecular formula is C10H9ClN2S. The van der Waals surface area contributed by atoms with Crippen LogP contribution in [0.3, 0.4) is 0 Å². The van der Waals surface area contributed by atoms with Crippen molar-refractivity contribution in [2.75, 3.05) is 0 Å². The first kappa shape index (κ1) is 9.62. The van der Waals surface area contributed by atoms with Crippen LogP contribution >= 0.6 is 23.3 Å². The Morgan fingerprint density at radius 2 is 1.71 bits per heavy atom. The lowest BCUT2D eigenvalue weighted by Crippen LogP contribution is -1.83. The largest absolute Gasteiger partial charge is 0.171 e. The molecule has 0 atom stereocenters. The highest BCUT2D eigenvalue weighted by Crippen LogP contribution is 2.26. The van der Waals surface area contributed by atoms with Crippen LogP contribution in [-0.4, -0.2) is 8.75 Å². The van der Waals surface area contributed by atoms with Gasteiger partial charge in [-0.2, -0.15) is 8.75 Å². The monoisotopic (exact) mass is 224 g/mol. The van der Waals surface area contributed by atoms with Gasteiger partial charge in [-0.1, -0.05) is 28.8 Å². The Labute approximate surface area is 91.9 Å². The molecule has 0 aliphatic carbocycles. The van der Waals surface area contributed by atoms with Crippen molar-refractivity contribution in [3.05, 3.63) is 34.5 Å². The van der Waals surface area contributed by atoms with Crippen LogP contribution < -0.4 is 0 Å². The summed E-state index contributed by atoms with van der Waals surface area (Å²) in [5, 5.41) is 0.486. The van der Waals surface area contributed by atoms with E-state index in [1.165, 1.54) is 11.1 Å². The maximum Gasteiger partial charge on any atom is 0.170 e. The van der Waals surface area contributed by atoms with Crippen molar-refractivity contribution in [2.45, 2.75) is 13.8 Å². The summed E-state index contributed by atoms with van der Waals surface area (Å²) >= 11 is 7.06. The molecule has 0 fully saturated rings. The lowest BCUT2D eigenvalue weighted by Gasteiger charge is -2.01. The fourth-order valence-electron chi connectivity index (χ4n) is 1.46. The van der Waals surface area contributed by atoms with Gasteiger partial charge in [0.1, 0.15) is 5.69 Å². The zero-order valence-corrected chi connectivity index (χ0v) is 9.49. The molecule has 2 nitrogen and oxygen atoms in total. The SMILES string of the molecule is Cc1cc(C)cc(-c2nsnc2Cl)c1. The lowest BCUT2D eigenvalue weighted by atomic mass is 10.1. The van der Waals surface area contributed by atoms with E-state index in [1.54, 1.807) is 0 Å². The van der Waals surface area contributed by atoms with Crippen molar-refractivity contribution in [1.82, 2.24) is 8.75 Å². The van der Waals surface area contributed by atoms with E-state index in [0.717, 1.165) is 23.0 Å². The highest BCUT2D eigenvalue weighted by Gasteiger charge is 2.08. The van der Waals surface area contributed by atoms with Crippen LogP contribution in [0.5, 0.6) is 0 Å². The lowest BCUT2D eigenvalue weighted by molar-refractivity contribution is 1.37. The minimum atomic E-state index is 0.486.